The molecule has 0 saturated carbocycles. The van der Waals surface area contributed by atoms with Gasteiger partial charge in [-0.25, -0.2) is 0 Å². The minimum atomic E-state index is -0.120. The van der Waals surface area contributed by atoms with Crippen molar-refractivity contribution in [1.29, 1.82) is 0 Å². The predicted octanol–water partition coefficient (Wildman–Crippen LogP) is 1.78. The number of amides is 1. The lowest BCUT2D eigenvalue weighted by atomic mass is 10.1. The lowest BCUT2D eigenvalue weighted by Crippen LogP contribution is -2.37. The molecule has 0 aromatic heterocycles. The van der Waals surface area contributed by atoms with E-state index < -0.39 is 0 Å². The van der Waals surface area contributed by atoms with Gasteiger partial charge in [0.1, 0.15) is 11.8 Å². The van der Waals surface area contributed by atoms with Gasteiger partial charge in [-0.15, -0.1) is 0 Å². The molecular weight excluding hydrogens is 216 g/mol. The van der Waals surface area contributed by atoms with Gasteiger partial charge in [-0.05, 0) is 43.5 Å². The number of benzene rings is 1. The zero-order valence-corrected chi connectivity index (χ0v) is 10.0. The quantitative estimate of drug-likeness (QED) is 0.838. The maximum absolute atomic E-state index is 11.7. The first-order chi connectivity index (χ1) is 8.29. The molecule has 2 rings (SSSR count). The molecule has 0 radical (unpaired) electrons. The van der Waals surface area contributed by atoms with E-state index in [1.807, 2.05) is 24.3 Å². The van der Waals surface area contributed by atoms with Gasteiger partial charge >= 0.3 is 0 Å². The Morgan fingerprint density at radius 1 is 1.29 bits per heavy atom. The standard InChI is InChI=1S/C13H18N2O2/c1-17-11-7-5-10(6-8-11)15-12-4-2-3-9-14-13(12)16/h5-8,12,15H,2-4,9H2,1H3,(H,14,16). The number of ether oxygens (including phenoxy) is 1. The third-order valence-corrected chi connectivity index (χ3v) is 2.97. The zero-order chi connectivity index (χ0) is 12.1. The highest BCUT2D eigenvalue weighted by atomic mass is 16.5. The summed E-state index contributed by atoms with van der Waals surface area (Å²) in [6.45, 7) is 0.791. The smallest absolute Gasteiger partial charge is 0.242 e. The Balaban J connectivity index is 2.00. The van der Waals surface area contributed by atoms with Gasteiger partial charge in [0.25, 0.3) is 0 Å². The van der Waals surface area contributed by atoms with E-state index in [-0.39, 0.29) is 11.9 Å². The summed E-state index contributed by atoms with van der Waals surface area (Å²) in [5.41, 5.74) is 0.952. The number of hydrogen-bond donors (Lipinski definition) is 2. The molecule has 1 saturated heterocycles. The summed E-state index contributed by atoms with van der Waals surface area (Å²) in [5.74, 6) is 0.916. The SMILES string of the molecule is COc1ccc(NC2CCCCNC2=O)cc1. The largest absolute Gasteiger partial charge is 0.497 e. The average molecular weight is 234 g/mol. The third-order valence-electron chi connectivity index (χ3n) is 2.97. The van der Waals surface area contributed by atoms with Crippen LogP contribution in [0, 0.1) is 0 Å². The van der Waals surface area contributed by atoms with Crippen LogP contribution in [0.3, 0.4) is 0 Å². The molecule has 1 unspecified atom stereocenters. The van der Waals surface area contributed by atoms with Crippen molar-refractivity contribution in [3.05, 3.63) is 24.3 Å². The van der Waals surface area contributed by atoms with Crippen LogP contribution in [0.15, 0.2) is 24.3 Å². The molecule has 0 bridgehead atoms. The highest BCUT2D eigenvalue weighted by Gasteiger charge is 2.19. The lowest BCUT2D eigenvalue weighted by molar-refractivity contribution is -0.121. The normalized spacial score (nSPS) is 20.3. The maximum Gasteiger partial charge on any atom is 0.242 e. The molecule has 4 nitrogen and oxygen atoms in total. The van der Waals surface area contributed by atoms with E-state index in [2.05, 4.69) is 10.6 Å². The van der Waals surface area contributed by atoms with Crippen LogP contribution in [0.5, 0.6) is 5.75 Å². The van der Waals surface area contributed by atoms with Crippen molar-refractivity contribution in [2.45, 2.75) is 25.3 Å². The Labute approximate surface area is 101 Å². The first-order valence-corrected chi connectivity index (χ1v) is 5.98. The van der Waals surface area contributed by atoms with Gasteiger partial charge in [0.05, 0.1) is 7.11 Å². The molecule has 1 aromatic rings. The molecule has 1 fully saturated rings. The summed E-state index contributed by atoms with van der Waals surface area (Å²) < 4.78 is 5.09. The van der Waals surface area contributed by atoms with E-state index in [4.69, 9.17) is 4.74 Å². The highest BCUT2D eigenvalue weighted by molar-refractivity contribution is 5.84. The van der Waals surface area contributed by atoms with Crippen LogP contribution in [0.4, 0.5) is 5.69 Å². The molecule has 1 aliphatic heterocycles. The minimum Gasteiger partial charge on any atom is -0.497 e. The predicted molar refractivity (Wildman–Crippen MR) is 67.3 cm³/mol. The van der Waals surface area contributed by atoms with Crippen molar-refractivity contribution in [3.63, 3.8) is 0 Å². The van der Waals surface area contributed by atoms with E-state index in [9.17, 15) is 4.79 Å². The van der Waals surface area contributed by atoms with Crippen LogP contribution in [0.25, 0.3) is 0 Å². The van der Waals surface area contributed by atoms with Gasteiger partial charge in [0.2, 0.25) is 5.91 Å². The molecule has 1 aliphatic rings. The number of anilines is 1. The molecule has 1 atom stereocenters. The van der Waals surface area contributed by atoms with E-state index in [0.717, 1.165) is 37.2 Å². The van der Waals surface area contributed by atoms with Crippen molar-refractivity contribution in [2.24, 2.45) is 0 Å². The maximum atomic E-state index is 11.7. The van der Waals surface area contributed by atoms with Crippen LogP contribution >= 0.6 is 0 Å². The first kappa shape index (κ1) is 11.8. The van der Waals surface area contributed by atoms with Crippen LogP contribution in [0.1, 0.15) is 19.3 Å². The molecule has 1 heterocycles. The Bertz CT molecular complexity index is 376. The second-order valence-electron chi connectivity index (χ2n) is 4.21. The van der Waals surface area contributed by atoms with Gasteiger partial charge in [0.15, 0.2) is 0 Å². The summed E-state index contributed by atoms with van der Waals surface area (Å²) in [6, 6.07) is 7.51. The third kappa shape index (κ3) is 3.12. The van der Waals surface area contributed by atoms with Crippen LogP contribution in [-0.4, -0.2) is 25.6 Å². The van der Waals surface area contributed by atoms with Crippen molar-refractivity contribution in [2.75, 3.05) is 19.0 Å². The summed E-state index contributed by atoms with van der Waals surface area (Å²) >= 11 is 0. The summed E-state index contributed by atoms with van der Waals surface area (Å²) in [5, 5.41) is 6.17. The number of methoxy groups -OCH3 is 1. The van der Waals surface area contributed by atoms with Crippen LogP contribution in [-0.2, 0) is 4.79 Å². The molecule has 1 aromatic carbocycles. The molecule has 0 spiro atoms. The summed E-state index contributed by atoms with van der Waals surface area (Å²) in [7, 11) is 1.64. The lowest BCUT2D eigenvalue weighted by Gasteiger charge is -2.16. The number of nitrogens with one attached hydrogen (secondary N) is 2. The zero-order valence-electron chi connectivity index (χ0n) is 10.0. The van der Waals surface area contributed by atoms with E-state index in [1.54, 1.807) is 7.11 Å². The van der Waals surface area contributed by atoms with Gasteiger partial charge < -0.3 is 15.4 Å². The van der Waals surface area contributed by atoms with Gasteiger partial charge in [-0.2, -0.15) is 0 Å². The Kier molecular flexibility index (Phi) is 3.85. The van der Waals surface area contributed by atoms with E-state index in [0.29, 0.717) is 0 Å². The Morgan fingerprint density at radius 3 is 2.76 bits per heavy atom. The van der Waals surface area contributed by atoms with Crippen molar-refractivity contribution >= 4 is 11.6 Å². The van der Waals surface area contributed by atoms with Crippen LogP contribution in [0.2, 0.25) is 0 Å². The molecule has 1 amide bonds. The van der Waals surface area contributed by atoms with E-state index >= 15 is 0 Å². The van der Waals surface area contributed by atoms with Gasteiger partial charge in [-0.1, -0.05) is 0 Å². The minimum absolute atomic E-state index is 0.0957. The molecule has 2 N–H and O–H groups in total. The Morgan fingerprint density at radius 2 is 2.06 bits per heavy atom. The van der Waals surface area contributed by atoms with Crippen LogP contribution < -0.4 is 15.4 Å². The molecule has 0 aliphatic carbocycles. The number of rotatable bonds is 3. The second kappa shape index (κ2) is 5.57. The highest BCUT2D eigenvalue weighted by Crippen LogP contribution is 2.17. The Hall–Kier alpha value is -1.71. The molecular formula is C13H18N2O2. The monoisotopic (exact) mass is 234 g/mol. The molecule has 17 heavy (non-hydrogen) atoms. The number of hydrogen-bond acceptors (Lipinski definition) is 3. The summed E-state index contributed by atoms with van der Waals surface area (Å²) in [4.78, 5) is 11.7. The van der Waals surface area contributed by atoms with Crippen molar-refractivity contribution < 1.29 is 9.53 Å². The van der Waals surface area contributed by atoms with Crippen molar-refractivity contribution in [3.8, 4) is 5.75 Å². The van der Waals surface area contributed by atoms with E-state index in [1.165, 1.54) is 0 Å². The van der Waals surface area contributed by atoms with Gasteiger partial charge in [-0.3, -0.25) is 4.79 Å². The molecule has 92 valence electrons. The first-order valence-electron chi connectivity index (χ1n) is 5.98. The van der Waals surface area contributed by atoms with Gasteiger partial charge in [0, 0.05) is 12.2 Å². The number of carbonyl (C=O) groups is 1. The summed E-state index contributed by atoms with van der Waals surface area (Å²) in [6.07, 6.45) is 3.02. The second-order valence-corrected chi connectivity index (χ2v) is 4.21. The number of carbonyl (C=O) groups excluding carboxylic acids is 1. The fourth-order valence-corrected chi connectivity index (χ4v) is 1.97. The molecule has 4 heteroatoms. The topological polar surface area (TPSA) is 50.4 Å². The fourth-order valence-electron chi connectivity index (χ4n) is 1.97. The fraction of sp³-hybridized carbons (Fsp3) is 0.462. The van der Waals surface area contributed by atoms with Crippen molar-refractivity contribution in [1.82, 2.24) is 5.32 Å². The average Bonchev–Trinajstić information content (AvgIpc) is 2.56.